The molecule has 26 heavy (non-hydrogen) atoms. The summed E-state index contributed by atoms with van der Waals surface area (Å²) >= 11 is 0. The standard InChI is InChI=1S/C20H20FN3O2/c1-14-10-19(24(23-14)13-15-6-4-3-5-7-15)22-20(25)12-16-8-9-18(26-2)17(21)11-16/h3-11H,12-13H2,1-2H3,(H,22,25). The normalized spacial score (nSPS) is 10.6. The minimum atomic E-state index is -0.484. The Labute approximate surface area is 151 Å². The molecular weight excluding hydrogens is 333 g/mol. The molecule has 1 heterocycles. The van der Waals surface area contributed by atoms with Crippen molar-refractivity contribution in [2.45, 2.75) is 19.9 Å². The maximum absolute atomic E-state index is 13.8. The molecule has 1 N–H and O–H groups in total. The van der Waals surface area contributed by atoms with Gasteiger partial charge in [-0.05, 0) is 30.2 Å². The summed E-state index contributed by atoms with van der Waals surface area (Å²) in [4.78, 5) is 12.4. The second-order valence-corrected chi connectivity index (χ2v) is 6.01. The number of nitrogens with one attached hydrogen (secondary N) is 1. The van der Waals surface area contributed by atoms with Crippen molar-refractivity contribution in [3.05, 3.63) is 77.2 Å². The van der Waals surface area contributed by atoms with E-state index in [2.05, 4.69) is 10.4 Å². The fourth-order valence-corrected chi connectivity index (χ4v) is 2.72. The smallest absolute Gasteiger partial charge is 0.229 e. The predicted octanol–water partition coefficient (Wildman–Crippen LogP) is 3.57. The van der Waals surface area contributed by atoms with Crippen molar-refractivity contribution in [2.75, 3.05) is 12.4 Å². The van der Waals surface area contributed by atoms with Crippen LogP contribution in [0.15, 0.2) is 54.6 Å². The molecule has 0 atom stereocenters. The minimum absolute atomic E-state index is 0.0660. The zero-order chi connectivity index (χ0) is 18.5. The molecule has 0 spiro atoms. The Bertz CT molecular complexity index is 907. The van der Waals surface area contributed by atoms with Crippen LogP contribution in [0.1, 0.15) is 16.8 Å². The molecule has 6 heteroatoms. The van der Waals surface area contributed by atoms with E-state index in [0.717, 1.165) is 11.3 Å². The maximum atomic E-state index is 13.8. The highest BCUT2D eigenvalue weighted by molar-refractivity contribution is 5.91. The van der Waals surface area contributed by atoms with Gasteiger partial charge in [-0.1, -0.05) is 36.4 Å². The van der Waals surface area contributed by atoms with Crippen LogP contribution in [0.2, 0.25) is 0 Å². The fourth-order valence-electron chi connectivity index (χ4n) is 2.72. The second kappa shape index (κ2) is 7.82. The lowest BCUT2D eigenvalue weighted by atomic mass is 10.1. The van der Waals surface area contributed by atoms with Gasteiger partial charge in [-0.2, -0.15) is 5.10 Å². The number of hydrogen-bond acceptors (Lipinski definition) is 3. The first-order valence-corrected chi connectivity index (χ1v) is 8.26. The third-order valence-corrected chi connectivity index (χ3v) is 3.93. The van der Waals surface area contributed by atoms with Gasteiger partial charge in [0.05, 0.1) is 25.8 Å². The SMILES string of the molecule is COc1ccc(CC(=O)Nc2cc(C)nn2Cc2ccccc2)cc1F. The van der Waals surface area contributed by atoms with E-state index in [0.29, 0.717) is 17.9 Å². The second-order valence-electron chi connectivity index (χ2n) is 6.01. The Morgan fingerprint density at radius 2 is 1.92 bits per heavy atom. The van der Waals surface area contributed by atoms with Crippen molar-refractivity contribution in [2.24, 2.45) is 0 Å². The van der Waals surface area contributed by atoms with Crippen molar-refractivity contribution in [1.29, 1.82) is 0 Å². The Kier molecular flexibility index (Phi) is 5.31. The van der Waals surface area contributed by atoms with Crippen LogP contribution in [0, 0.1) is 12.7 Å². The van der Waals surface area contributed by atoms with Crippen LogP contribution in [-0.4, -0.2) is 22.8 Å². The summed E-state index contributed by atoms with van der Waals surface area (Å²) in [5.41, 5.74) is 2.47. The van der Waals surface area contributed by atoms with Crippen LogP contribution in [0.5, 0.6) is 5.75 Å². The van der Waals surface area contributed by atoms with E-state index in [1.807, 2.05) is 43.3 Å². The van der Waals surface area contributed by atoms with Crippen LogP contribution in [0.3, 0.4) is 0 Å². The van der Waals surface area contributed by atoms with Gasteiger partial charge in [0.2, 0.25) is 5.91 Å². The molecule has 0 aliphatic carbocycles. The number of nitrogens with zero attached hydrogens (tertiary/aromatic N) is 2. The Balaban J connectivity index is 1.70. The zero-order valence-electron chi connectivity index (χ0n) is 14.7. The maximum Gasteiger partial charge on any atom is 0.229 e. The number of methoxy groups -OCH3 is 1. The van der Waals surface area contributed by atoms with Crippen LogP contribution >= 0.6 is 0 Å². The molecule has 0 aliphatic heterocycles. The molecule has 3 rings (SSSR count). The molecule has 3 aromatic rings. The lowest BCUT2D eigenvalue weighted by Gasteiger charge is -2.10. The van der Waals surface area contributed by atoms with E-state index in [4.69, 9.17) is 4.74 Å². The number of carbonyl (C=O) groups excluding carboxylic acids is 1. The van der Waals surface area contributed by atoms with Gasteiger partial charge in [0.25, 0.3) is 0 Å². The monoisotopic (exact) mass is 353 g/mol. The van der Waals surface area contributed by atoms with Gasteiger partial charge in [0, 0.05) is 6.07 Å². The number of amides is 1. The molecular formula is C20H20FN3O2. The summed E-state index contributed by atoms with van der Waals surface area (Å²) in [6.45, 7) is 2.43. The van der Waals surface area contributed by atoms with E-state index < -0.39 is 5.82 Å². The van der Waals surface area contributed by atoms with Gasteiger partial charge < -0.3 is 10.1 Å². The molecule has 0 fully saturated rings. The number of benzene rings is 2. The zero-order valence-corrected chi connectivity index (χ0v) is 14.7. The van der Waals surface area contributed by atoms with Crippen molar-refractivity contribution >= 4 is 11.7 Å². The molecule has 0 saturated heterocycles. The van der Waals surface area contributed by atoms with E-state index in [-0.39, 0.29) is 18.1 Å². The number of rotatable bonds is 6. The highest BCUT2D eigenvalue weighted by Crippen LogP contribution is 2.19. The number of anilines is 1. The van der Waals surface area contributed by atoms with E-state index >= 15 is 0 Å². The molecule has 5 nitrogen and oxygen atoms in total. The van der Waals surface area contributed by atoms with Gasteiger partial charge in [-0.25, -0.2) is 9.07 Å². The summed E-state index contributed by atoms with van der Waals surface area (Å²) in [5, 5.41) is 7.28. The molecule has 0 radical (unpaired) electrons. The van der Waals surface area contributed by atoms with E-state index in [1.165, 1.54) is 19.2 Å². The van der Waals surface area contributed by atoms with Crippen LogP contribution in [0.25, 0.3) is 0 Å². The number of hydrogen-bond donors (Lipinski definition) is 1. The van der Waals surface area contributed by atoms with Crippen molar-refractivity contribution < 1.29 is 13.9 Å². The number of aryl methyl sites for hydroxylation is 1. The summed E-state index contributed by atoms with van der Waals surface area (Å²) in [5.74, 6) is 0.0580. The van der Waals surface area contributed by atoms with Gasteiger partial charge in [0.15, 0.2) is 11.6 Å². The predicted molar refractivity (Wildman–Crippen MR) is 97.8 cm³/mol. The first kappa shape index (κ1) is 17.7. The molecule has 0 aliphatic rings. The molecule has 0 saturated carbocycles. The summed E-state index contributed by atoms with van der Waals surface area (Å²) in [7, 11) is 1.40. The van der Waals surface area contributed by atoms with Crippen molar-refractivity contribution in [3.63, 3.8) is 0 Å². The van der Waals surface area contributed by atoms with Crippen molar-refractivity contribution in [1.82, 2.24) is 9.78 Å². The summed E-state index contributed by atoms with van der Waals surface area (Å²) in [6.07, 6.45) is 0.0660. The molecule has 0 bridgehead atoms. The number of carbonyl (C=O) groups is 1. The van der Waals surface area contributed by atoms with Crippen LogP contribution in [-0.2, 0) is 17.8 Å². The lowest BCUT2D eigenvalue weighted by molar-refractivity contribution is -0.115. The molecule has 1 amide bonds. The van der Waals surface area contributed by atoms with Crippen LogP contribution in [0.4, 0.5) is 10.2 Å². The fraction of sp³-hybridized carbons (Fsp3) is 0.200. The quantitative estimate of drug-likeness (QED) is 0.737. The third kappa shape index (κ3) is 4.27. The molecule has 1 aromatic heterocycles. The molecule has 2 aromatic carbocycles. The van der Waals surface area contributed by atoms with Gasteiger partial charge in [-0.15, -0.1) is 0 Å². The first-order chi connectivity index (χ1) is 12.5. The average molecular weight is 353 g/mol. The number of halogens is 1. The van der Waals surface area contributed by atoms with Gasteiger partial charge in [-0.3, -0.25) is 4.79 Å². The summed E-state index contributed by atoms with van der Waals surface area (Å²) in [6, 6.07) is 16.2. The Hall–Kier alpha value is -3.15. The number of ether oxygens (including phenoxy) is 1. The topological polar surface area (TPSA) is 56.1 Å². The van der Waals surface area contributed by atoms with Crippen LogP contribution < -0.4 is 10.1 Å². The highest BCUT2D eigenvalue weighted by atomic mass is 19.1. The summed E-state index contributed by atoms with van der Waals surface area (Å²) < 4.78 is 20.4. The van der Waals surface area contributed by atoms with Crippen molar-refractivity contribution in [3.8, 4) is 5.75 Å². The third-order valence-electron chi connectivity index (χ3n) is 3.93. The van der Waals surface area contributed by atoms with E-state index in [1.54, 1.807) is 10.7 Å². The van der Waals surface area contributed by atoms with Gasteiger partial charge >= 0.3 is 0 Å². The number of aromatic nitrogens is 2. The first-order valence-electron chi connectivity index (χ1n) is 8.26. The molecule has 134 valence electrons. The minimum Gasteiger partial charge on any atom is -0.494 e. The Morgan fingerprint density at radius 3 is 2.62 bits per heavy atom. The largest absolute Gasteiger partial charge is 0.494 e. The molecule has 0 unspecified atom stereocenters. The average Bonchev–Trinajstić information content (AvgIpc) is 2.94. The highest BCUT2D eigenvalue weighted by Gasteiger charge is 2.12. The lowest BCUT2D eigenvalue weighted by Crippen LogP contribution is -2.18. The Morgan fingerprint density at radius 1 is 1.15 bits per heavy atom. The van der Waals surface area contributed by atoms with E-state index in [9.17, 15) is 9.18 Å². The van der Waals surface area contributed by atoms with Gasteiger partial charge in [0.1, 0.15) is 5.82 Å².